The number of nitro groups is 1. The van der Waals surface area contributed by atoms with E-state index in [1.165, 1.54) is 12.8 Å². The molecule has 0 amide bonds. The second kappa shape index (κ2) is 5.07. The molecule has 0 bridgehead atoms. The first-order valence-corrected chi connectivity index (χ1v) is 6.75. The van der Waals surface area contributed by atoms with Gasteiger partial charge >= 0.3 is 5.69 Å². The van der Waals surface area contributed by atoms with Gasteiger partial charge in [0.05, 0.1) is 4.92 Å². The number of benzene rings is 1. The largest absolute Gasteiger partial charge is 0.380 e. The average Bonchev–Trinajstić information content (AvgIpc) is 3.12. The van der Waals surface area contributed by atoms with Crippen molar-refractivity contribution in [2.45, 2.75) is 39.2 Å². The van der Waals surface area contributed by atoms with E-state index in [9.17, 15) is 10.1 Å². The minimum absolute atomic E-state index is 0.102. The minimum Gasteiger partial charge on any atom is -0.380 e. The maximum atomic E-state index is 11.3. The Bertz CT molecular complexity index is 482. The third-order valence-electron chi connectivity index (χ3n) is 3.64. The highest BCUT2D eigenvalue weighted by Crippen LogP contribution is 2.43. The van der Waals surface area contributed by atoms with E-state index >= 15 is 0 Å². The van der Waals surface area contributed by atoms with E-state index in [2.05, 4.69) is 24.5 Å². The van der Waals surface area contributed by atoms with Crippen molar-refractivity contribution in [3.05, 3.63) is 28.3 Å². The van der Waals surface area contributed by atoms with Crippen LogP contribution in [0, 0.1) is 16.0 Å². The SMILES string of the molecule is CCNc1cccc(NC(C)(C)C2CC2)c1[N+](=O)[O-]. The number of nitrogens with zero attached hydrogens (tertiary/aromatic N) is 1. The summed E-state index contributed by atoms with van der Waals surface area (Å²) in [5.41, 5.74) is 1.21. The number of hydrogen-bond acceptors (Lipinski definition) is 4. The van der Waals surface area contributed by atoms with Gasteiger partial charge in [-0.05, 0) is 51.7 Å². The van der Waals surface area contributed by atoms with Crippen LogP contribution >= 0.6 is 0 Å². The Hall–Kier alpha value is -1.78. The van der Waals surface area contributed by atoms with Gasteiger partial charge in [0.2, 0.25) is 0 Å². The maximum absolute atomic E-state index is 11.3. The van der Waals surface area contributed by atoms with Crippen molar-refractivity contribution in [3.8, 4) is 0 Å². The summed E-state index contributed by atoms with van der Waals surface area (Å²) < 4.78 is 0. The van der Waals surface area contributed by atoms with Crippen molar-refractivity contribution in [2.24, 2.45) is 5.92 Å². The Balaban J connectivity index is 2.33. The van der Waals surface area contributed by atoms with Crippen LogP contribution < -0.4 is 10.6 Å². The zero-order chi connectivity index (χ0) is 14.0. The van der Waals surface area contributed by atoms with Crippen molar-refractivity contribution in [1.82, 2.24) is 0 Å². The molecule has 0 aliphatic heterocycles. The van der Waals surface area contributed by atoms with Crippen LogP contribution in [0.3, 0.4) is 0 Å². The van der Waals surface area contributed by atoms with Crippen LogP contribution in [0.25, 0.3) is 0 Å². The van der Waals surface area contributed by atoms with Gasteiger partial charge in [-0.15, -0.1) is 0 Å². The van der Waals surface area contributed by atoms with Crippen LogP contribution in [0.2, 0.25) is 0 Å². The van der Waals surface area contributed by atoms with Crippen molar-refractivity contribution in [2.75, 3.05) is 17.2 Å². The third kappa shape index (κ3) is 2.97. The Morgan fingerprint density at radius 2 is 2.00 bits per heavy atom. The topological polar surface area (TPSA) is 67.2 Å². The molecule has 1 aromatic carbocycles. The predicted molar refractivity (Wildman–Crippen MR) is 77.7 cm³/mol. The second-order valence-electron chi connectivity index (χ2n) is 5.61. The number of para-hydroxylation sites is 1. The number of hydrogen-bond donors (Lipinski definition) is 2. The quantitative estimate of drug-likeness (QED) is 0.607. The zero-order valence-electron chi connectivity index (χ0n) is 11.7. The van der Waals surface area contributed by atoms with Crippen LogP contribution in [0.5, 0.6) is 0 Å². The number of nitro benzene ring substituents is 1. The van der Waals surface area contributed by atoms with Gasteiger partial charge in [-0.1, -0.05) is 6.07 Å². The van der Waals surface area contributed by atoms with Crippen LogP contribution in [-0.4, -0.2) is 17.0 Å². The van der Waals surface area contributed by atoms with Crippen LogP contribution in [0.15, 0.2) is 18.2 Å². The molecule has 5 nitrogen and oxygen atoms in total. The maximum Gasteiger partial charge on any atom is 0.315 e. The summed E-state index contributed by atoms with van der Waals surface area (Å²) in [5.74, 6) is 0.606. The molecule has 0 unspecified atom stereocenters. The molecule has 1 aliphatic carbocycles. The van der Waals surface area contributed by atoms with Gasteiger partial charge in [-0.25, -0.2) is 0 Å². The molecule has 0 aromatic heterocycles. The smallest absolute Gasteiger partial charge is 0.315 e. The first kappa shape index (κ1) is 13.6. The lowest BCUT2D eigenvalue weighted by atomic mass is 9.98. The molecule has 19 heavy (non-hydrogen) atoms. The van der Waals surface area contributed by atoms with E-state index in [0.29, 0.717) is 23.8 Å². The monoisotopic (exact) mass is 263 g/mol. The van der Waals surface area contributed by atoms with Crippen LogP contribution in [-0.2, 0) is 0 Å². The van der Waals surface area contributed by atoms with Gasteiger partial charge < -0.3 is 10.6 Å². The summed E-state index contributed by atoms with van der Waals surface area (Å²) in [7, 11) is 0. The first-order chi connectivity index (χ1) is 8.95. The number of nitrogens with one attached hydrogen (secondary N) is 2. The Morgan fingerprint density at radius 3 is 2.53 bits per heavy atom. The fourth-order valence-electron chi connectivity index (χ4n) is 2.43. The summed E-state index contributed by atoms with van der Waals surface area (Å²) in [6, 6.07) is 5.37. The first-order valence-electron chi connectivity index (χ1n) is 6.75. The van der Waals surface area contributed by atoms with Gasteiger partial charge in [0.25, 0.3) is 0 Å². The summed E-state index contributed by atoms with van der Waals surface area (Å²) in [6.07, 6.45) is 2.39. The molecule has 1 fully saturated rings. The zero-order valence-corrected chi connectivity index (χ0v) is 11.7. The molecular weight excluding hydrogens is 242 g/mol. The van der Waals surface area contributed by atoms with Gasteiger partial charge in [0, 0.05) is 12.1 Å². The van der Waals surface area contributed by atoms with E-state index in [1.807, 2.05) is 13.0 Å². The standard InChI is InChI=1S/C14H21N3O2/c1-4-15-11-6-5-7-12(13(11)17(18)19)16-14(2,3)10-8-9-10/h5-7,10,15-16H,4,8-9H2,1-3H3. The Kier molecular flexibility index (Phi) is 3.64. The predicted octanol–water partition coefficient (Wildman–Crippen LogP) is 3.63. The van der Waals surface area contributed by atoms with Gasteiger partial charge in [0.15, 0.2) is 0 Å². The molecule has 104 valence electrons. The molecule has 1 saturated carbocycles. The summed E-state index contributed by atoms with van der Waals surface area (Å²) >= 11 is 0. The van der Waals surface area contributed by atoms with E-state index in [-0.39, 0.29) is 16.1 Å². The van der Waals surface area contributed by atoms with E-state index in [4.69, 9.17) is 0 Å². The molecule has 2 rings (SSSR count). The average molecular weight is 263 g/mol. The van der Waals surface area contributed by atoms with Crippen molar-refractivity contribution < 1.29 is 4.92 Å². The Morgan fingerprint density at radius 1 is 1.37 bits per heavy atom. The van der Waals surface area contributed by atoms with Crippen molar-refractivity contribution >= 4 is 17.1 Å². The van der Waals surface area contributed by atoms with Crippen LogP contribution in [0.1, 0.15) is 33.6 Å². The molecule has 0 spiro atoms. The van der Waals surface area contributed by atoms with Crippen molar-refractivity contribution in [1.29, 1.82) is 0 Å². The fraction of sp³-hybridized carbons (Fsp3) is 0.571. The summed E-state index contributed by atoms with van der Waals surface area (Å²) in [4.78, 5) is 11.0. The normalized spacial score (nSPS) is 15.1. The van der Waals surface area contributed by atoms with Gasteiger partial charge in [0.1, 0.15) is 11.4 Å². The number of anilines is 2. The van der Waals surface area contributed by atoms with E-state index < -0.39 is 0 Å². The molecule has 2 N–H and O–H groups in total. The lowest BCUT2D eigenvalue weighted by Crippen LogP contribution is -2.33. The minimum atomic E-state index is -0.316. The molecule has 1 aromatic rings. The molecular formula is C14H21N3O2. The molecule has 0 saturated heterocycles. The second-order valence-corrected chi connectivity index (χ2v) is 5.61. The molecule has 5 heteroatoms. The summed E-state index contributed by atoms with van der Waals surface area (Å²) in [6.45, 7) is 6.80. The molecule has 0 atom stereocenters. The van der Waals surface area contributed by atoms with Crippen LogP contribution in [0.4, 0.5) is 17.1 Å². The molecule has 1 aliphatic rings. The van der Waals surface area contributed by atoms with Gasteiger partial charge in [-0.3, -0.25) is 10.1 Å². The number of rotatable bonds is 6. The lowest BCUT2D eigenvalue weighted by Gasteiger charge is -2.27. The van der Waals surface area contributed by atoms with E-state index in [0.717, 1.165) is 0 Å². The van der Waals surface area contributed by atoms with Crippen molar-refractivity contribution in [3.63, 3.8) is 0 Å². The highest BCUT2D eigenvalue weighted by atomic mass is 16.6. The fourth-order valence-corrected chi connectivity index (χ4v) is 2.43. The van der Waals surface area contributed by atoms with Gasteiger partial charge in [-0.2, -0.15) is 0 Å². The molecule has 0 heterocycles. The highest BCUT2D eigenvalue weighted by Gasteiger charge is 2.38. The highest BCUT2D eigenvalue weighted by molar-refractivity contribution is 5.76. The third-order valence-corrected chi connectivity index (χ3v) is 3.64. The van der Waals surface area contributed by atoms with E-state index in [1.54, 1.807) is 12.1 Å². The lowest BCUT2D eigenvalue weighted by molar-refractivity contribution is -0.383. The summed E-state index contributed by atoms with van der Waals surface area (Å²) in [5, 5.41) is 17.7. The Labute approximate surface area is 113 Å². The molecule has 0 radical (unpaired) electrons.